The van der Waals surface area contributed by atoms with Gasteiger partial charge < -0.3 is 18.8 Å². The number of allylic oxidation sites excluding steroid dienone is 1. The molecule has 4 aromatic rings. The van der Waals surface area contributed by atoms with E-state index in [0.29, 0.717) is 37.8 Å². The summed E-state index contributed by atoms with van der Waals surface area (Å²) in [5.74, 6) is 0.455. The van der Waals surface area contributed by atoms with Gasteiger partial charge in [0.05, 0.1) is 52.3 Å². The Morgan fingerprint density at radius 1 is 1.13 bits per heavy atom. The van der Waals surface area contributed by atoms with Crippen LogP contribution in [0, 0.1) is 24.0 Å². The van der Waals surface area contributed by atoms with Gasteiger partial charge >= 0.3 is 5.97 Å². The van der Waals surface area contributed by atoms with Crippen molar-refractivity contribution in [1.29, 1.82) is 0 Å². The average molecular weight is 631 g/mol. The highest BCUT2D eigenvalue weighted by Gasteiger charge is 2.34. The van der Waals surface area contributed by atoms with E-state index in [9.17, 15) is 19.7 Å². The summed E-state index contributed by atoms with van der Waals surface area (Å²) in [6.07, 6.45) is 1.71. The fourth-order valence-corrected chi connectivity index (χ4v) is 6.57. The van der Waals surface area contributed by atoms with Crippen LogP contribution in [-0.2, 0) is 9.53 Å². The molecule has 0 saturated heterocycles. The number of non-ortho nitro benzene ring substituents is 1. The Morgan fingerprint density at radius 3 is 2.56 bits per heavy atom. The summed E-state index contributed by atoms with van der Waals surface area (Å²) in [5, 5.41) is 11.4. The van der Waals surface area contributed by atoms with E-state index >= 15 is 0 Å². The molecular weight excluding hydrogens is 596 g/mol. The van der Waals surface area contributed by atoms with E-state index in [1.54, 1.807) is 44.2 Å². The van der Waals surface area contributed by atoms with E-state index in [2.05, 4.69) is 4.99 Å². The van der Waals surface area contributed by atoms with Crippen LogP contribution in [0.2, 0.25) is 0 Å². The fourth-order valence-electron chi connectivity index (χ4n) is 5.53. The van der Waals surface area contributed by atoms with Crippen LogP contribution >= 0.6 is 11.3 Å². The number of hydrogen-bond acceptors (Lipinski definition) is 9. The third kappa shape index (κ3) is 5.93. The van der Waals surface area contributed by atoms with Gasteiger partial charge in [-0.15, -0.1) is 0 Å². The summed E-state index contributed by atoms with van der Waals surface area (Å²) in [6.45, 7) is 11.2. The third-order valence-corrected chi connectivity index (χ3v) is 8.42. The van der Waals surface area contributed by atoms with Gasteiger partial charge in [-0.05, 0) is 83.0 Å². The molecule has 0 saturated carbocycles. The number of nitro groups is 1. The van der Waals surface area contributed by atoms with E-state index < -0.39 is 16.9 Å². The number of aromatic nitrogens is 2. The molecule has 0 radical (unpaired) electrons. The molecule has 0 N–H and O–H groups in total. The minimum atomic E-state index is -0.818. The Hall–Kier alpha value is -4.97. The Kier molecular flexibility index (Phi) is 8.78. The molecule has 234 valence electrons. The van der Waals surface area contributed by atoms with Crippen molar-refractivity contribution in [1.82, 2.24) is 9.13 Å². The maximum atomic E-state index is 14.2. The van der Waals surface area contributed by atoms with E-state index in [1.165, 1.54) is 35.1 Å². The lowest BCUT2D eigenvalue weighted by Crippen LogP contribution is -2.40. The summed E-state index contributed by atoms with van der Waals surface area (Å²) in [7, 11) is 1.54. The minimum Gasteiger partial charge on any atom is -0.493 e. The summed E-state index contributed by atoms with van der Waals surface area (Å²) in [4.78, 5) is 43.5. The van der Waals surface area contributed by atoms with Crippen molar-refractivity contribution in [2.45, 2.75) is 53.7 Å². The highest BCUT2D eigenvalue weighted by molar-refractivity contribution is 7.07. The van der Waals surface area contributed by atoms with Crippen LogP contribution in [0.25, 0.3) is 11.8 Å². The molecule has 2 aromatic carbocycles. The van der Waals surface area contributed by atoms with E-state index in [0.717, 1.165) is 17.0 Å². The molecule has 0 unspecified atom stereocenters. The van der Waals surface area contributed by atoms with Crippen molar-refractivity contribution < 1.29 is 23.9 Å². The van der Waals surface area contributed by atoms with Gasteiger partial charge in [0.25, 0.3) is 11.2 Å². The molecule has 0 amide bonds. The van der Waals surface area contributed by atoms with Gasteiger partial charge in [-0.25, -0.2) is 9.79 Å². The monoisotopic (exact) mass is 630 g/mol. The Morgan fingerprint density at radius 2 is 1.89 bits per heavy atom. The quantitative estimate of drug-likeness (QED) is 0.146. The first-order valence-electron chi connectivity index (χ1n) is 14.4. The van der Waals surface area contributed by atoms with Crippen molar-refractivity contribution in [3.05, 3.63) is 112 Å². The number of methoxy groups -OCH3 is 1. The van der Waals surface area contributed by atoms with Crippen LogP contribution in [0.15, 0.2) is 69.6 Å². The minimum absolute atomic E-state index is 0.0111. The number of esters is 1. The van der Waals surface area contributed by atoms with Crippen molar-refractivity contribution in [3.8, 4) is 17.2 Å². The predicted molar refractivity (Wildman–Crippen MR) is 171 cm³/mol. The highest BCUT2D eigenvalue weighted by atomic mass is 32.1. The van der Waals surface area contributed by atoms with Gasteiger partial charge in [0, 0.05) is 23.5 Å². The first-order chi connectivity index (χ1) is 21.4. The van der Waals surface area contributed by atoms with Crippen molar-refractivity contribution in [2.24, 2.45) is 4.99 Å². The number of hydrogen-bond donors (Lipinski definition) is 0. The summed E-state index contributed by atoms with van der Waals surface area (Å²) in [6, 6.07) is 12.9. The number of aryl methyl sites for hydroxylation is 1. The van der Waals surface area contributed by atoms with Crippen LogP contribution < -0.4 is 24.4 Å². The average Bonchev–Trinajstić information content (AvgIpc) is 3.45. The van der Waals surface area contributed by atoms with Gasteiger partial charge in [-0.2, -0.15) is 0 Å². The zero-order chi connectivity index (χ0) is 32.6. The first kappa shape index (κ1) is 31.5. The first-order valence-corrected chi connectivity index (χ1v) is 15.2. The van der Waals surface area contributed by atoms with E-state index in [4.69, 9.17) is 14.2 Å². The molecule has 11 nitrogen and oxygen atoms in total. The summed E-state index contributed by atoms with van der Waals surface area (Å²) >= 11 is 1.22. The molecule has 45 heavy (non-hydrogen) atoms. The van der Waals surface area contributed by atoms with Crippen LogP contribution in [0.4, 0.5) is 5.69 Å². The lowest BCUT2D eigenvalue weighted by Gasteiger charge is -2.25. The van der Waals surface area contributed by atoms with E-state index in [1.807, 2.05) is 44.4 Å². The number of nitro benzene ring substituents is 1. The molecule has 2 aromatic heterocycles. The number of nitrogens with zero attached hydrogens (tertiary/aromatic N) is 4. The SMILES string of the molecule is CCOC(=O)C1=C(C)N=c2s/c(=C\c3cc(C)n(-c4cccc([N+](=O)[O-])c4)c3C)c(=O)n2[C@H]1c1ccc(OC(C)C)c(OC)c1. The van der Waals surface area contributed by atoms with Crippen molar-refractivity contribution in [3.63, 3.8) is 0 Å². The van der Waals surface area contributed by atoms with Crippen LogP contribution in [0.5, 0.6) is 11.5 Å². The predicted octanol–water partition coefficient (Wildman–Crippen LogP) is 4.91. The Labute approximate surface area is 263 Å². The number of ether oxygens (including phenoxy) is 3. The highest BCUT2D eigenvalue weighted by Crippen LogP contribution is 2.36. The van der Waals surface area contributed by atoms with Gasteiger partial charge in [0.2, 0.25) is 0 Å². The number of carbonyl (C=O) groups is 1. The molecule has 1 atom stereocenters. The number of carbonyl (C=O) groups excluding carboxylic acids is 1. The molecule has 3 heterocycles. The van der Waals surface area contributed by atoms with Gasteiger partial charge in [-0.3, -0.25) is 19.5 Å². The fraction of sp³-hybridized carbons (Fsp3) is 0.303. The molecule has 12 heteroatoms. The van der Waals surface area contributed by atoms with Gasteiger partial charge in [0.15, 0.2) is 16.3 Å². The topological polar surface area (TPSA) is 127 Å². The second-order valence-electron chi connectivity index (χ2n) is 10.8. The molecule has 1 aliphatic rings. The summed E-state index contributed by atoms with van der Waals surface area (Å²) in [5.41, 5.74) is 4.11. The lowest BCUT2D eigenvalue weighted by molar-refractivity contribution is -0.384. The largest absolute Gasteiger partial charge is 0.493 e. The van der Waals surface area contributed by atoms with Crippen LogP contribution in [0.1, 0.15) is 56.3 Å². The Balaban J connectivity index is 1.68. The second-order valence-corrected chi connectivity index (χ2v) is 11.8. The molecule has 5 rings (SSSR count). The number of benzene rings is 2. The number of thiazole rings is 1. The second kappa shape index (κ2) is 12.6. The maximum absolute atomic E-state index is 14.2. The van der Waals surface area contributed by atoms with E-state index in [-0.39, 0.29) is 29.5 Å². The Bertz CT molecular complexity index is 2030. The molecule has 0 aliphatic carbocycles. The lowest BCUT2D eigenvalue weighted by atomic mass is 9.95. The smallest absolute Gasteiger partial charge is 0.338 e. The zero-order valence-electron chi connectivity index (χ0n) is 26.1. The molecule has 0 bridgehead atoms. The van der Waals surface area contributed by atoms with Gasteiger partial charge in [0.1, 0.15) is 0 Å². The van der Waals surface area contributed by atoms with Crippen LogP contribution in [-0.4, -0.2) is 39.8 Å². The number of fused-ring (bicyclic) bond motifs is 1. The standard InChI is InChI=1S/C33H34N4O7S/c1-8-43-32(39)29-20(5)34-33-36(30(29)22-12-13-26(44-18(2)3)27(15-22)42-7)31(38)28(45-33)16-23-14-19(4)35(21(23)6)24-10-9-11-25(17-24)37(40)41/h9-18,30H,8H2,1-7H3/b28-16-/t30-/m0/s1. The van der Waals surface area contributed by atoms with Crippen molar-refractivity contribution in [2.75, 3.05) is 13.7 Å². The third-order valence-electron chi connectivity index (χ3n) is 7.44. The van der Waals surface area contributed by atoms with Gasteiger partial charge in [-0.1, -0.05) is 23.5 Å². The zero-order valence-corrected chi connectivity index (χ0v) is 26.9. The molecule has 1 aliphatic heterocycles. The summed E-state index contributed by atoms with van der Waals surface area (Å²) < 4.78 is 20.8. The van der Waals surface area contributed by atoms with Crippen molar-refractivity contribution >= 4 is 29.1 Å². The maximum Gasteiger partial charge on any atom is 0.338 e. The number of rotatable bonds is 9. The molecular formula is C33H34N4O7S. The molecule has 0 fully saturated rings. The normalized spacial score (nSPS) is 14.8. The molecule has 0 spiro atoms. The van der Waals surface area contributed by atoms with Crippen LogP contribution in [0.3, 0.4) is 0 Å².